The molecule has 148 valence electrons. The number of sulfonamides is 1. The molecule has 1 aliphatic heterocycles. The van der Waals surface area contributed by atoms with E-state index in [9.17, 15) is 8.42 Å². The van der Waals surface area contributed by atoms with E-state index in [4.69, 9.17) is 4.74 Å². The van der Waals surface area contributed by atoms with Gasteiger partial charge in [0.1, 0.15) is 0 Å². The van der Waals surface area contributed by atoms with Crippen molar-refractivity contribution < 1.29 is 13.2 Å². The maximum atomic E-state index is 11.7. The molecule has 0 radical (unpaired) electrons. The van der Waals surface area contributed by atoms with Gasteiger partial charge in [-0.25, -0.2) is 18.1 Å². The second kappa shape index (κ2) is 11.7. The first-order valence-electron chi connectivity index (χ1n) is 8.65. The van der Waals surface area contributed by atoms with Crippen molar-refractivity contribution in [1.82, 2.24) is 15.4 Å². The van der Waals surface area contributed by atoms with E-state index in [1.165, 1.54) is 7.05 Å². The summed E-state index contributed by atoms with van der Waals surface area (Å²) in [4.78, 5) is 4.58. The van der Waals surface area contributed by atoms with E-state index in [0.717, 1.165) is 49.6 Å². The minimum Gasteiger partial charge on any atom is -0.376 e. The summed E-state index contributed by atoms with van der Waals surface area (Å²) in [6.45, 7) is 4.85. The highest BCUT2D eigenvalue weighted by Gasteiger charge is 2.15. The number of benzene rings is 1. The molecule has 2 rings (SSSR count). The Kier molecular flexibility index (Phi) is 10.4. The predicted molar refractivity (Wildman–Crippen MR) is 115 cm³/mol. The van der Waals surface area contributed by atoms with Crippen molar-refractivity contribution >= 4 is 40.0 Å². The molecule has 1 saturated heterocycles. The average molecular weight is 496 g/mol. The number of guanidine groups is 1. The first kappa shape index (κ1) is 23.1. The summed E-state index contributed by atoms with van der Waals surface area (Å²) < 4.78 is 31.3. The maximum absolute atomic E-state index is 11.7. The van der Waals surface area contributed by atoms with Gasteiger partial charge in [-0.15, -0.1) is 24.0 Å². The number of aliphatic imine (C=N–C) groups is 1. The van der Waals surface area contributed by atoms with Crippen LogP contribution < -0.4 is 15.4 Å². The zero-order valence-corrected chi connectivity index (χ0v) is 18.5. The molecule has 0 spiro atoms. The van der Waals surface area contributed by atoms with Gasteiger partial charge < -0.3 is 15.4 Å². The predicted octanol–water partition coefficient (Wildman–Crippen LogP) is 1.59. The zero-order chi connectivity index (χ0) is 18.1. The van der Waals surface area contributed by atoms with Crippen molar-refractivity contribution in [2.45, 2.75) is 38.2 Å². The van der Waals surface area contributed by atoms with E-state index < -0.39 is 10.0 Å². The summed E-state index contributed by atoms with van der Waals surface area (Å²) in [5.41, 5.74) is 1.72. The molecule has 9 heteroatoms. The summed E-state index contributed by atoms with van der Waals surface area (Å²) in [6.07, 6.45) is 2.44. The zero-order valence-electron chi connectivity index (χ0n) is 15.3. The van der Waals surface area contributed by atoms with Crippen molar-refractivity contribution in [2.75, 3.05) is 26.7 Å². The molecule has 1 unspecified atom stereocenters. The van der Waals surface area contributed by atoms with Crippen LogP contribution >= 0.6 is 24.0 Å². The summed E-state index contributed by atoms with van der Waals surface area (Å²) in [5, 5.41) is 6.52. The molecule has 1 fully saturated rings. The highest BCUT2D eigenvalue weighted by Crippen LogP contribution is 2.11. The first-order valence-corrected chi connectivity index (χ1v) is 10.3. The Morgan fingerprint density at radius 2 is 2.08 bits per heavy atom. The topological polar surface area (TPSA) is 91.8 Å². The number of halogens is 1. The van der Waals surface area contributed by atoms with Gasteiger partial charge in [-0.1, -0.05) is 24.3 Å². The molecule has 0 aliphatic carbocycles. The highest BCUT2D eigenvalue weighted by atomic mass is 127. The third-order valence-corrected chi connectivity index (χ3v) is 5.28. The molecule has 1 aromatic rings. The van der Waals surface area contributed by atoms with Gasteiger partial charge in [-0.3, -0.25) is 0 Å². The highest BCUT2D eigenvalue weighted by molar-refractivity contribution is 14.0. The Balaban J connectivity index is 0.00000338. The Morgan fingerprint density at radius 3 is 2.73 bits per heavy atom. The minimum absolute atomic E-state index is 0. The summed E-state index contributed by atoms with van der Waals surface area (Å²) >= 11 is 0. The number of nitrogens with zero attached hydrogens (tertiary/aromatic N) is 1. The van der Waals surface area contributed by atoms with Gasteiger partial charge in [0.25, 0.3) is 0 Å². The maximum Gasteiger partial charge on any atom is 0.215 e. The van der Waals surface area contributed by atoms with Crippen LogP contribution in [0, 0.1) is 0 Å². The van der Waals surface area contributed by atoms with Crippen molar-refractivity contribution in [2.24, 2.45) is 4.99 Å². The standard InChI is InChI=1S/C17H28N4O3S.HI/c1-3-19-17(21-12-16-8-5-9-24-16)20-11-14-6-4-7-15(10-14)13-25(22,23)18-2;/h4,6-7,10,16,18H,3,5,8-9,11-13H2,1-2H3,(H2,19,20,21);1H. The largest absolute Gasteiger partial charge is 0.376 e. The Labute approximate surface area is 173 Å². The van der Waals surface area contributed by atoms with Crippen LogP contribution in [0.5, 0.6) is 0 Å². The van der Waals surface area contributed by atoms with E-state index in [2.05, 4.69) is 20.3 Å². The molecule has 0 aromatic heterocycles. The van der Waals surface area contributed by atoms with Crippen LogP contribution in [0.1, 0.15) is 30.9 Å². The Bertz CT molecular complexity index is 676. The van der Waals surface area contributed by atoms with Gasteiger partial charge in [0.2, 0.25) is 10.0 Å². The number of hydrogen-bond acceptors (Lipinski definition) is 4. The molecule has 0 amide bonds. The fourth-order valence-corrected chi connectivity index (χ4v) is 3.40. The quantitative estimate of drug-likeness (QED) is 0.289. The van der Waals surface area contributed by atoms with Crippen molar-refractivity contribution in [3.8, 4) is 0 Å². The van der Waals surface area contributed by atoms with Gasteiger partial charge >= 0.3 is 0 Å². The van der Waals surface area contributed by atoms with Gasteiger partial charge in [0.15, 0.2) is 5.96 Å². The third-order valence-electron chi connectivity index (χ3n) is 3.94. The number of nitrogens with one attached hydrogen (secondary N) is 3. The second-order valence-corrected chi connectivity index (χ2v) is 7.92. The van der Waals surface area contributed by atoms with Crippen LogP contribution in [0.15, 0.2) is 29.3 Å². The van der Waals surface area contributed by atoms with E-state index in [0.29, 0.717) is 6.54 Å². The van der Waals surface area contributed by atoms with Crippen molar-refractivity contribution in [1.29, 1.82) is 0 Å². The van der Waals surface area contributed by atoms with Crippen LogP contribution in [-0.2, 0) is 27.1 Å². The van der Waals surface area contributed by atoms with E-state index in [-0.39, 0.29) is 35.8 Å². The van der Waals surface area contributed by atoms with Crippen LogP contribution in [0.3, 0.4) is 0 Å². The minimum atomic E-state index is -3.27. The Morgan fingerprint density at radius 1 is 1.31 bits per heavy atom. The number of rotatable bonds is 8. The lowest BCUT2D eigenvalue weighted by Gasteiger charge is -2.14. The molecule has 1 aromatic carbocycles. The summed E-state index contributed by atoms with van der Waals surface area (Å²) in [6, 6.07) is 7.49. The molecular formula is C17H29IN4O3S. The van der Waals surface area contributed by atoms with Gasteiger partial charge in [-0.05, 0) is 37.9 Å². The van der Waals surface area contributed by atoms with Crippen LogP contribution in [0.4, 0.5) is 0 Å². The molecule has 0 saturated carbocycles. The summed E-state index contributed by atoms with van der Waals surface area (Å²) in [7, 11) is -1.85. The number of ether oxygens (including phenoxy) is 1. The lowest BCUT2D eigenvalue weighted by Crippen LogP contribution is -2.41. The molecule has 1 atom stereocenters. The molecular weight excluding hydrogens is 467 g/mol. The first-order chi connectivity index (χ1) is 12.0. The molecule has 3 N–H and O–H groups in total. The molecule has 7 nitrogen and oxygen atoms in total. The SMILES string of the molecule is CCNC(=NCc1cccc(CS(=O)(=O)NC)c1)NCC1CCCO1.I. The summed E-state index contributed by atoms with van der Waals surface area (Å²) in [5.74, 6) is 0.713. The monoisotopic (exact) mass is 496 g/mol. The normalized spacial score (nSPS) is 17.6. The molecule has 1 heterocycles. The van der Waals surface area contributed by atoms with Crippen LogP contribution in [-0.4, -0.2) is 47.2 Å². The smallest absolute Gasteiger partial charge is 0.215 e. The van der Waals surface area contributed by atoms with Gasteiger partial charge in [0, 0.05) is 19.7 Å². The van der Waals surface area contributed by atoms with Crippen LogP contribution in [0.2, 0.25) is 0 Å². The molecule has 0 bridgehead atoms. The van der Waals surface area contributed by atoms with E-state index in [1.54, 1.807) is 0 Å². The average Bonchev–Trinajstić information content (AvgIpc) is 3.11. The molecule has 1 aliphatic rings. The lowest BCUT2D eigenvalue weighted by molar-refractivity contribution is 0.114. The molecule has 26 heavy (non-hydrogen) atoms. The Hall–Kier alpha value is -0.910. The van der Waals surface area contributed by atoms with E-state index in [1.807, 2.05) is 31.2 Å². The fraction of sp³-hybridized carbons (Fsp3) is 0.588. The van der Waals surface area contributed by atoms with Crippen molar-refractivity contribution in [3.63, 3.8) is 0 Å². The second-order valence-electron chi connectivity index (χ2n) is 5.99. The van der Waals surface area contributed by atoms with E-state index >= 15 is 0 Å². The fourth-order valence-electron chi connectivity index (χ4n) is 2.64. The van der Waals surface area contributed by atoms with Crippen LogP contribution in [0.25, 0.3) is 0 Å². The van der Waals surface area contributed by atoms with Gasteiger partial charge in [-0.2, -0.15) is 0 Å². The lowest BCUT2D eigenvalue weighted by atomic mass is 10.1. The van der Waals surface area contributed by atoms with Gasteiger partial charge in [0.05, 0.1) is 18.4 Å². The number of hydrogen-bond donors (Lipinski definition) is 3. The van der Waals surface area contributed by atoms with Crippen molar-refractivity contribution in [3.05, 3.63) is 35.4 Å². The third kappa shape index (κ3) is 8.19.